The van der Waals surface area contributed by atoms with Gasteiger partial charge in [-0.2, -0.15) is 0 Å². The molecule has 0 amide bonds. The maximum atomic E-state index is 3.58. The molecule has 76 valence electrons. The van der Waals surface area contributed by atoms with E-state index in [2.05, 4.69) is 24.2 Å². The Morgan fingerprint density at radius 1 is 1.38 bits per heavy atom. The lowest BCUT2D eigenvalue weighted by atomic mass is 9.70. The Bertz CT molecular complexity index is 171. The number of nitrogens with one attached hydrogen (secondary N) is 1. The highest BCUT2D eigenvalue weighted by Crippen LogP contribution is 2.42. The highest BCUT2D eigenvalue weighted by atomic mass is 15.1. The Morgan fingerprint density at radius 3 is 2.69 bits per heavy atom. The lowest BCUT2D eigenvalue weighted by Crippen LogP contribution is -2.42. The van der Waals surface area contributed by atoms with E-state index in [1.807, 2.05) is 0 Å². The largest absolute Gasteiger partial charge is 0.316 e. The van der Waals surface area contributed by atoms with E-state index in [1.54, 1.807) is 0 Å². The Balaban J connectivity index is 2.02. The summed E-state index contributed by atoms with van der Waals surface area (Å²) in [6, 6.07) is 0. The van der Waals surface area contributed by atoms with Gasteiger partial charge in [0.2, 0.25) is 0 Å². The maximum absolute atomic E-state index is 3.58. The number of likely N-dealkylation sites (tertiary alicyclic amines) is 1. The fraction of sp³-hybridized carbons (Fsp3) is 1.00. The Hall–Kier alpha value is -0.0800. The van der Waals surface area contributed by atoms with E-state index in [1.165, 1.54) is 45.4 Å². The van der Waals surface area contributed by atoms with Crippen molar-refractivity contribution in [2.24, 2.45) is 11.3 Å². The molecule has 2 rings (SSSR count). The van der Waals surface area contributed by atoms with Gasteiger partial charge < -0.3 is 10.2 Å². The van der Waals surface area contributed by atoms with Crippen molar-refractivity contribution in [1.29, 1.82) is 0 Å². The first-order valence-corrected chi connectivity index (χ1v) is 5.66. The molecule has 2 fully saturated rings. The lowest BCUT2D eigenvalue weighted by Gasteiger charge is -2.41. The van der Waals surface area contributed by atoms with Crippen molar-refractivity contribution in [3.63, 3.8) is 0 Å². The van der Waals surface area contributed by atoms with Gasteiger partial charge in [-0.1, -0.05) is 13.3 Å². The van der Waals surface area contributed by atoms with E-state index in [4.69, 9.17) is 0 Å². The summed E-state index contributed by atoms with van der Waals surface area (Å²) in [5.74, 6) is 0.946. The standard InChI is InChI=1S/C11H22N2/c1-3-10-8-12-9-11(10)4-6-13(2)7-5-11/h10,12H,3-9H2,1-2H3. The molecule has 2 aliphatic rings. The van der Waals surface area contributed by atoms with Gasteiger partial charge in [0.25, 0.3) is 0 Å². The van der Waals surface area contributed by atoms with Crippen LogP contribution in [0.4, 0.5) is 0 Å². The predicted octanol–water partition coefficient (Wildman–Crippen LogP) is 1.33. The summed E-state index contributed by atoms with van der Waals surface area (Å²) in [6.07, 6.45) is 4.18. The average molecular weight is 182 g/mol. The minimum Gasteiger partial charge on any atom is -0.316 e. The van der Waals surface area contributed by atoms with E-state index in [-0.39, 0.29) is 0 Å². The van der Waals surface area contributed by atoms with Gasteiger partial charge in [-0.25, -0.2) is 0 Å². The molecule has 1 N–H and O–H groups in total. The Labute approximate surface area is 81.7 Å². The predicted molar refractivity (Wildman–Crippen MR) is 55.8 cm³/mol. The van der Waals surface area contributed by atoms with E-state index >= 15 is 0 Å². The summed E-state index contributed by atoms with van der Waals surface area (Å²) in [5, 5.41) is 3.58. The van der Waals surface area contributed by atoms with Gasteiger partial charge in [0.15, 0.2) is 0 Å². The van der Waals surface area contributed by atoms with Crippen molar-refractivity contribution in [1.82, 2.24) is 10.2 Å². The third-order valence-electron chi connectivity index (χ3n) is 4.21. The fourth-order valence-electron chi connectivity index (χ4n) is 3.08. The first kappa shape index (κ1) is 9.47. The molecule has 0 aliphatic carbocycles. The monoisotopic (exact) mass is 182 g/mol. The molecule has 1 unspecified atom stereocenters. The molecular weight excluding hydrogens is 160 g/mol. The van der Waals surface area contributed by atoms with Crippen LogP contribution in [0, 0.1) is 11.3 Å². The molecule has 2 nitrogen and oxygen atoms in total. The molecule has 0 bridgehead atoms. The van der Waals surface area contributed by atoms with Crippen LogP contribution < -0.4 is 5.32 Å². The van der Waals surface area contributed by atoms with Crippen molar-refractivity contribution in [2.75, 3.05) is 33.2 Å². The second-order valence-corrected chi connectivity index (χ2v) is 4.90. The zero-order chi connectivity index (χ0) is 9.31. The molecule has 0 radical (unpaired) electrons. The third-order valence-corrected chi connectivity index (χ3v) is 4.21. The second kappa shape index (κ2) is 3.58. The highest BCUT2D eigenvalue weighted by Gasteiger charge is 2.42. The van der Waals surface area contributed by atoms with Crippen LogP contribution in [0.2, 0.25) is 0 Å². The SMILES string of the molecule is CCC1CNCC12CCN(C)CC2. The molecule has 2 heterocycles. The fourth-order valence-corrected chi connectivity index (χ4v) is 3.08. The number of piperidine rings is 1. The highest BCUT2D eigenvalue weighted by molar-refractivity contribution is 4.97. The van der Waals surface area contributed by atoms with E-state index in [0.29, 0.717) is 5.41 Å². The number of rotatable bonds is 1. The Morgan fingerprint density at radius 2 is 2.08 bits per heavy atom. The molecule has 13 heavy (non-hydrogen) atoms. The van der Waals surface area contributed by atoms with Gasteiger partial charge in [-0.3, -0.25) is 0 Å². The second-order valence-electron chi connectivity index (χ2n) is 4.90. The molecule has 2 heteroatoms. The molecule has 0 saturated carbocycles. The molecule has 2 saturated heterocycles. The first-order chi connectivity index (χ1) is 6.27. The van der Waals surface area contributed by atoms with Crippen LogP contribution in [0.3, 0.4) is 0 Å². The number of hydrogen-bond donors (Lipinski definition) is 1. The van der Waals surface area contributed by atoms with Gasteiger partial charge in [-0.15, -0.1) is 0 Å². The first-order valence-electron chi connectivity index (χ1n) is 5.66. The normalized spacial score (nSPS) is 34.2. The summed E-state index contributed by atoms with van der Waals surface area (Å²) < 4.78 is 0. The van der Waals surface area contributed by atoms with Crippen molar-refractivity contribution in [3.05, 3.63) is 0 Å². The molecule has 0 aromatic carbocycles. The van der Waals surface area contributed by atoms with E-state index < -0.39 is 0 Å². The van der Waals surface area contributed by atoms with Gasteiger partial charge in [0, 0.05) is 6.54 Å². The molecule has 0 aromatic rings. The minimum absolute atomic E-state index is 0.668. The van der Waals surface area contributed by atoms with Gasteiger partial charge in [0.05, 0.1) is 0 Å². The van der Waals surface area contributed by atoms with Gasteiger partial charge in [0.1, 0.15) is 0 Å². The summed E-state index contributed by atoms with van der Waals surface area (Å²) in [5.41, 5.74) is 0.668. The van der Waals surface area contributed by atoms with Crippen LogP contribution in [-0.4, -0.2) is 38.1 Å². The summed E-state index contributed by atoms with van der Waals surface area (Å²) in [4.78, 5) is 2.47. The van der Waals surface area contributed by atoms with E-state index in [9.17, 15) is 0 Å². The van der Waals surface area contributed by atoms with Crippen LogP contribution in [0.1, 0.15) is 26.2 Å². The smallest absolute Gasteiger partial charge is 0.00120 e. The van der Waals surface area contributed by atoms with Crippen LogP contribution in [0.25, 0.3) is 0 Å². The summed E-state index contributed by atoms with van der Waals surface area (Å²) in [7, 11) is 2.25. The van der Waals surface area contributed by atoms with Crippen molar-refractivity contribution in [2.45, 2.75) is 26.2 Å². The minimum atomic E-state index is 0.668. The van der Waals surface area contributed by atoms with Gasteiger partial charge >= 0.3 is 0 Å². The van der Waals surface area contributed by atoms with Crippen LogP contribution in [0.5, 0.6) is 0 Å². The zero-order valence-corrected chi connectivity index (χ0v) is 8.97. The van der Waals surface area contributed by atoms with Crippen LogP contribution in [-0.2, 0) is 0 Å². The zero-order valence-electron chi connectivity index (χ0n) is 8.97. The quantitative estimate of drug-likeness (QED) is 0.658. The average Bonchev–Trinajstić information content (AvgIpc) is 2.54. The van der Waals surface area contributed by atoms with Crippen LogP contribution >= 0.6 is 0 Å². The van der Waals surface area contributed by atoms with Gasteiger partial charge in [-0.05, 0) is 50.9 Å². The van der Waals surface area contributed by atoms with E-state index in [0.717, 1.165) is 5.92 Å². The molecule has 1 atom stereocenters. The third kappa shape index (κ3) is 1.62. The maximum Gasteiger partial charge on any atom is 0.00120 e. The lowest BCUT2D eigenvalue weighted by molar-refractivity contribution is 0.0945. The van der Waals surface area contributed by atoms with Crippen LogP contribution in [0.15, 0.2) is 0 Å². The van der Waals surface area contributed by atoms with Crippen molar-refractivity contribution < 1.29 is 0 Å². The summed E-state index contributed by atoms with van der Waals surface area (Å²) >= 11 is 0. The molecule has 1 spiro atoms. The summed E-state index contributed by atoms with van der Waals surface area (Å²) in [6.45, 7) is 7.49. The molecule has 0 aromatic heterocycles. The Kier molecular flexibility index (Phi) is 2.61. The molecular formula is C11H22N2. The van der Waals surface area contributed by atoms with Crippen molar-refractivity contribution >= 4 is 0 Å². The number of nitrogens with zero attached hydrogens (tertiary/aromatic N) is 1. The number of hydrogen-bond acceptors (Lipinski definition) is 2. The van der Waals surface area contributed by atoms with Crippen molar-refractivity contribution in [3.8, 4) is 0 Å². The molecule has 2 aliphatic heterocycles. The topological polar surface area (TPSA) is 15.3 Å².